The molecule has 0 aromatic carbocycles. The molecule has 0 aromatic rings. The van der Waals surface area contributed by atoms with Crippen LogP contribution in [0.4, 0.5) is 0 Å². The van der Waals surface area contributed by atoms with Crippen LogP contribution in [-0.4, -0.2) is 87.1 Å². The minimum absolute atomic E-state index is 0.00724. The van der Waals surface area contributed by atoms with E-state index in [1.54, 1.807) is 22.8 Å². The van der Waals surface area contributed by atoms with Crippen LogP contribution in [0, 0.1) is 11.8 Å². The molecule has 32 heavy (non-hydrogen) atoms. The summed E-state index contributed by atoms with van der Waals surface area (Å²) < 4.78 is 11.7. The molecule has 3 aliphatic rings. The number of alkyl halides is 1. The Labute approximate surface area is 198 Å². The number of rotatable bonds is 9. The molecule has 0 radical (unpaired) electrons. The molecule has 1 unspecified atom stereocenters. The Bertz CT molecular complexity index is 768. The van der Waals surface area contributed by atoms with Crippen LogP contribution in [-0.2, 0) is 23.9 Å². The Hall–Kier alpha value is -1.45. The largest absolute Gasteiger partial charge is 0.466 e. The molecule has 0 saturated carbocycles. The monoisotopic (exact) mass is 514 g/mol. The third-order valence-corrected chi connectivity index (χ3v) is 7.62. The standard InChI is InChI=1S/C23H35BrN2O6/c1-6-10-26(22(3,4)5)20(29)18-23-13-14(24)17(32-23)15(21(30)31-7-2)16(23)19(28)25(18)11-8-9-12-27/h6,14-18,27H,1,7-13H2,2-5H3/t14?,15-,16+,17-,18-,23+/m0/s1. The maximum atomic E-state index is 14.0. The zero-order chi connectivity index (χ0) is 23.8. The summed E-state index contributed by atoms with van der Waals surface area (Å²) in [4.78, 5) is 43.7. The van der Waals surface area contributed by atoms with Gasteiger partial charge in [-0.3, -0.25) is 14.4 Å². The van der Waals surface area contributed by atoms with E-state index >= 15 is 0 Å². The van der Waals surface area contributed by atoms with E-state index in [2.05, 4.69) is 22.5 Å². The van der Waals surface area contributed by atoms with Gasteiger partial charge in [0.2, 0.25) is 11.8 Å². The number of halogens is 1. The van der Waals surface area contributed by atoms with E-state index in [4.69, 9.17) is 9.47 Å². The average molecular weight is 515 g/mol. The predicted octanol–water partition coefficient (Wildman–Crippen LogP) is 1.88. The summed E-state index contributed by atoms with van der Waals surface area (Å²) >= 11 is 3.64. The fourth-order valence-electron chi connectivity index (χ4n) is 5.52. The van der Waals surface area contributed by atoms with Crippen molar-refractivity contribution in [3.05, 3.63) is 12.7 Å². The number of ether oxygens (including phenoxy) is 2. The molecule has 2 bridgehead atoms. The fourth-order valence-corrected chi connectivity index (χ4v) is 6.46. The third kappa shape index (κ3) is 4.01. The van der Waals surface area contributed by atoms with Crippen molar-refractivity contribution in [3.63, 3.8) is 0 Å². The molecule has 3 saturated heterocycles. The minimum atomic E-state index is -1.09. The molecule has 3 heterocycles. The number of aliphatic hydroxyl groups is 1. The normalized spacial score (nSPS) is 33.4. The number of carbonyl (C=O) groups excluding carboxylic acids is 3. The van der Waals surface area contributed by atoms with Crippen LogP contribution < -0.4 is 0 Å². The van der Waals surface area contributed by atoms with Gasteiger partial charge < -0.3 is 24.4 Å². The lowest BCUT2D eigenvalue weighted by Gasteiger charge is -2.42. The smallest absolute Gasteiger partial charge is 0.312 e. The van der Waals surface area contributed by atoms with E-state index in [1.165, 1.54) is 0 Å². The molecular formula is C23H35BrN2O6. The fraction of sp³-hybridized carbons (Fsp3) is 0.783. The van der Waals surface area contributed by atoms with Gasteiger partial charge in [0, 0.05) is 30.1 Å². The second-order valence-corrected chi connectivity index (χ2v) is 11.0. The molecule has 9 heteroatoms. The average Bonchev–Trinajstić information content (AvgIpc) is 3.29. The Balaban J connectivity index is 2.06. The van der Waals surface area contributed by atoms with Crippen molar-refractivity contribution in [2.45, 2.75) is 75.1 Å². The first kappa shape index (κ1) is 25.2. The van der Waals surface area contributed by atoms with E-state index in [0.717, 1.165) is 0 Å². The zero-order valence-corrected chi connectivity index (χ0v) is 21.0. The van der Waals surface area contributed by atoms with Crippen LogP contribution in [0.2, 0.25) is 0 Å². The van der Waals surface area contributed by atoms with Crippen molar-refractivity contribution < 1.29 is 29.0 Å². The lowest BCUT2D eigenvalue weighted by Crippen LogP contribution is -2.60. The third-order valence-electron chi connectivity index (χ3n) is 6.78. The number of unbranched alkanes of at least 4 members (excludes halogenated alkanes) is 1. The minimum Gasteiger partial charge on any atom is -0.466 e. The number of nitrogens with zero attached hydrogens (tertiary/aromatic N) is 2. The van der Waals surface area contributed by atoms with E-state index in [1.807, 2.05) is 20.8 Å². The second kappa shape index (κ2) is 9.43. The van der Waals surface area contributed by atoms with E-state index in [9.17, 15) is 19.5 Å². The van der Waals surface area contributed by atoms with Crippen molar-refractivity contribution >= 4 is 33.7 Å². The molecule has 0 aromatic heterocycles. The summed E-state index contributed by atoms with van der Waals surface area (Å²) in [6.07, 6.45) is 2.69. The quantitative estimate of drug-likeness (QED) is 0.218. The van der Waals surface area contributed by atoms with Crippen LogP contribution >= 0.6 is 15.9 Å². The molecule has 3 fully saturated rings. The Kier molecular flexibility index (Phi) is 7.42. The van der Waals surface area contributed by atoms with Crippen LogP contribution in [0.3, 0.4) is 0 Å². The van der Waals surface area contributed by atoms with Gasteiger partial charge in [0.25, 0.3) is 0 Å². The molecule has 0 aliphatic carbocycles. The number of carbonyl (C=O) groups is 3. The molecule has 1 spiro atoms. The molecular weight excluding hydrogens is 480 g/mol. The number of amides is 2. The molecule has 2 amide bonds. The number of hydrogen-bond donors (Lipinski definition) is 1. The topological polar surface area (TPSA) is 96.4 Å². The molecule has 3 aliphatic heterocycles. The first-order valence-corrected chi connectivity index (χ1v) is 12.3. The summed E-state index contributed by atoms with van der Waals surface area (Å²) in [6, 6.07) is -0.845. The van der Waals surface area contributed by atoms with Gasteiger partial charge in [-0.1, -0.05) is 22.0 Å². The van der Waals surface area contributed by atoms with Crippen molar-refractivity contribution in [3.8, 4) is 0 Å². The highest BCUT2D eigenvalue weighted by molar-refractivity contribution is 9.09. The molecule has 6 atom stereocenters. The van der Waals surface area contributed by atoms with Crippen molar-refractivity contribution in [2.24, 2.45) is 11.8 Å². The van der Waals surface area contributed by atoms with Gasteiger partial charge in [-0.15, -0.1) is 6.58 Å². The van der Waals surface area contributed by atoms with Crippen molar-refractivity contribution in [2.75, 3.05) is 26.3 Å². The first-order valence-electron chi connectivity index (χ1n) is 11.4. The maximum Gasteiger partial charge on any atom is 0.312 e. The van der Waals surface area contributed by atoms with E-state index < -0.39 is 41.1 Å². The summed E-state index contributed by atoms with van der Waals surface area (Å²) in [7, 11) is 0. The zero-order valence-electron chi connectivity index (χ0n) is 19.4. The highest BCUT2D eigenvalue weighted by Gasteiger charge is 2.77. The van der Waals surface area contributed by atoms with Crippen LogP contribution in [0.25, 0.3) is 0 Å². The molecule has 180 valence electrons. The highest BCUT2D eigenvalue weighted by atomic mass is 79.9. The van der Waals surface area contributed by atoms with Gasteiger partial charge in [0.05, 0.1) is 24.5 Å². The first-order chi connectivity index (χ1) is 15.0. The van der Waals surface area contributed by atoms with Crippen LogP contribution in [0.1, 0.15) is 47.0 Å². The summed E-state index contributed by atoms with van der Waals surface area (Å²) in [5.74, 6) is -2.41. The van der Waals surface area contributed by atoms with Crippen LogP contribution in [0.5, 0.6) is 0 Å². The summed E-state index contributed by atoms with van der Waals surface area (Å²) in [6.45, 7) is 12.2. The molecule has 3 rings (SSSR count). The van der Waals surface area contributed by atoms with Crippen molar-refractivity contribution in [1.29, 1.82) is 0 Å². The van der Waals surface area contributed by atoms with E-state index in [0.29, 0.717) is 32.4 Å². The number of fused-ring (bicyclic) bond motifs is 1. The second-order valence-electron chi connectivity index (χ2n) is 9.79. The Morgan fingerprint density at radius 2 is 2.09 bits per heavy atom. The molecule has 8 nitrogen and oxygen atoms in total. The van der Waals surface area contributed by atoms with Gasteiger partial charge in [-0.2, -0.15) is 0 Å². The predicted molar refractivity (Wildman–Crippen MR) is 122 cm³/mol. The van der Waals surface area contributed by atoms with Gasteiger partial charge in [0.1, 0.15) is 11.6 Å². The SMILES string of the molecule is C=CCN(C(=O)[C@@H]1N(CCCCO)C(=O)[C@H]2[C@H](C(=O)OCC)[C@H]3O[C@@]12CC3Br)C(C)(C)C. The van der Waals surface area contributed by atoms with Gasteiger partial charge in [-0.05, 0) is 47.0 Å². The summed E-state index contributed by atoms with van der Waals surface area (Å²) in [5.41, 5.74) is -1.58. The number of esters is 1. The lowest BCUT2D eigenvalue weighted by molar-refractivity contribution is -0.155. The van der Waals surface area contributed by atoms with Gasteiger partial charge in [0.15, 0.2) is 0 Å². The van der Waals surface area contributed by atoms with E-state index in [-0.39, 0.29) is 29.9 Å². The Morgan fingerprint density at radius 1 is 1.41 bits per heavy atom. The maximum absolute atomic E-state index is 14.0. The lowest BCUT2D eigenvalue weighted by atomic mass is 9.70. The Morgan fingerprint density at radius 3 is 2.66 bits per heavy atom. The number of hydrogen-bond acceptors (Lipinski definition) is 6. The summed E-state index contributed by atoms with van der Waals surface area (Å²) in [5, 5.41) is 9.24. The number of likely N-dealkylation sites (tertiary alicyclic amines) is 1. The van der Waals surface area contributed by atoms with Gasteiger partial charge in [-0.25, -0.2) is 0 Å². The number of aliphatic hydroxyl groups excluding tert-OH is 1. The van der Waals surface area contributed by atoms with Crippen molar-refractivity contribution in [1.82, 2.24) is 9.80 Å². The highest BCUT2D eigenvalue weighted by Crippen LogP contribution is 2.60. The molecule has 1 N–H and O–H groups in total. The van der Waals surface area contributed by atoms with Gasteiger partial charge >= 0.3 is 5.97 Å². The van der Waals surface area contributed by atoms with Crippen LogP contribution in [0.15, 0.2) is 12.7 Å².